The molecular weight excluding hydrogens is 607 g/mol. The maximum atomic E-state index is 12.3. The largest absolute Gasteiger partial charge is 1.00 e. The summed E-state index contributed by atoms with van der Waals surface area (Å²) in [6.45, 7) is 3.36. The first-order valence-corrected chi connectivity index (χ1v) is 10.5. The minimum atomic E-state index is -0.269. The van der Waals surface area contributed by atoms with E-state index >= 15 is 0 Å². The minimum Gasteiger partial charge on any atom is -0.412 e. The Morgan fingerprint density at radius 2 is 1.91 bits per heavy atom. The van der Waals surface area contributed by atoms with Crippen molar-refractivity contribution in [2.45, 2.75) is 12.5 Å². The molecule has 0 spiro atoms. The summed E-state index contributed by atoms with van der Waals surface area (Å²) >= 11 is 1.58. The molecule has 3 N–H and O–H groups in total. The molecule has 32 heavy (non-hydrogen) atoms. The van der Waals surface area contributed by atoms with Crippen LogP contribution in [0.15, 0.2) is 30.6 Å². The van der Waals surface area contributed by atoms with Crippen molar-refractivity contribution in [2.75, 3.05) is 49.6 Å². The Bertz CT molecular complexity index is 1060. The van der Waals surface area contributed by atoms with Gasteiger partial charge in [-0.1, -0.05) is 0 Å². The normalized spacial score (nSPS) is 18.8. The van der Waals surface area contributed by atoms with E-state index < -0.39 is 0 Å². The van der Waals surface area contributed by atoms with Gasteiger partial charge in [-0.15, -0.1) is 11.3 Å². The Morgan fingerprint density at radius 3 is 2.56 bits per heavy atom. The molecule has 5 rings (SSSR count). The molecule has 11 heteroatoms. The van der Waals surface area contributed by atoms with Crippen molar-refractivity contribution < 1.29 is 35.2 Å². The van der Waals surface area contributed by atoms with Crippen molar-refractivity contribution >= 4 is 39.1 Å². The monoisotopic (exact) mass is 635 g/mol. The number of nitrogens with zero attached hydrogens (tertiary/aromatic N) is 6. The van der Waals surface area contributed by atoms with Crippen molar-refractivity contribution in [3.63, 3.8) is 0 Å². The van der Waals surface area contributed by atoms with Crippen LogP contribution in [0.4, 0.5) is 11.6 Å². The number of aromatic nitrogens is 3. The van der Waals surface area contributed by atoms with E-state index in [1.165, 1.54) is 0 Å². The topological polar surface area (TPSA) is 117 Å². The van der Waals surface area contributed by atoms with Gasteiger partial charge < -0.3 is 22.9 Å². The Hall–Kier alpha value is -2.02. The van der Waals surface area contributed by atoms with Gasteiger partial charge in [0.15, 0.2) is 0 Å². The van der Waals surface area contributed by atoms with Crippen molar-refractivity contribution in [1.29, 1.82) is 0 Å². The fraction of sp³-hybridized carbons (Fsp3) is 0.381. The molecule has 0 aromatic carbocycles. The number of aliphatic hydroxyl groups excluding tert-OH is 1. The molecule has 1 radical (unpaired) electrons. The standard InChI is InChI=1S/C20H22N6O2S.CH3.H2O.Os/c1-24-6-7-26(19(28)12-24)18-8-16-15(10-22-18)23-20(29-16)13-2-3-17(21-9-13)25-5-4-14(27)11-25;;;/h2-3,8-10,14,27H,4-7,11-12H2,1H3;1H3;1H2;/q;-1;;+1/t14-;;;/m0.../s1. The van der Waals surface area contributed by atoms with Crippen LogP contribution in [-0.4, -0.2) is 82.2 Å². The number of pyridine rings is 2. The summed E-state index contributed by atoms with van der Waals surface area (Å²) in [5, 5.41) is 10.6. The average molecular weight is 634 g/mol. The summed E-state index contributed by atoms with van der Waals surface area (Å²) < 4.78 is 1.00. The van der Waals surface area contributed by atoms with Crippen LogP contribution < -0.4 is 9.80 Å². The van der Waals surface area contributed by atoms with Crippen molar-refractivity contribution in [3.8, 4) is 10.6 Å². The van der Waals surface area contributed by atoms with Crippen LogP contribution in [0, 0.1) is 7.43 Å². The summed E-state index contributed by atoms with van der Waals surface area (Å²) in [5.41, 5.74) is 1.77. The fourth-order valence-corrected chi connectivity index (χ4v) is 4.73. The molecule has 1 amide bonds. The number of piperazine rings is 1. The third-order valence-corrected chi connectivity index (χ3v) is 6.50. The van der Waals surface area contributed by atoms with Crippen molar-refractivity contribution in [1.82, 2.24) is 19.9 Å². The maximum absolute atomic E-state index is 12.3. The third-order valence-electron chi connectivity index (χ3n) is 5.43. The van der Waals surface area contributed by atoms with E-state index in [2.05, 4.69) is 14.9 Å². The molecule has 2 aliphatic rings. The first-order valence-electron chi connectivity index (χ1n) is 9.72. The van der Waals surface area contributed by atoms with E-state index in [1.807, 2.05) is 36.3 Å². The van der Waals surface area contributed by atoms with E-state index in [0.29, 0.717) is 25.5 Å². The van der Waals surface area contributed by atoms with Gasteiger partial charge in [0.05, 0.1) is 23.5 Å². The van der Waals surface area contributed by atoms with E-state index in [1.54, 1.807) is 22.4 Å². The minimum absolute atomic E-state index is 0. The van der Waals surface area contributed by atoms with Gasteiger partial charge in [-0.05, 0) is 25.6 Å². The number of carbonyl (C=O) groups excluding carboxylic acids is 1. The Balaban J connectivity index is 0.00000121. The van der Waals surface area contributed by atoms with Crippen LogP contribution in [0.25, 0.3) is 20.8 Å². The molecule has 0 unspecified atom stereocenters. The number of thiazole rings is 1. The predicted molar refractivity (Wildman–Crippen MR) is 123 cm³/mol. The summed E-state index contributed by atoms with van der Waals surface area (Å²) in [5.74, 6) is 1.64. The van der Waals surface area contributed by atoms with Gasteiger partial charge in [0.2, 0.25) is 5.91 Å². The Labute approximate surface area is 204 Å². The second kappa shape index (κ2) is 10.7. The molecule has 2 aliphatic heterocycles. The van der Waals surface area contributed by atoms with Crippen molar-refractivity contribution in [3.05, 3.63) is 38.0 Å². The second-order valence-corrected chi connectivity index (χ2v) is 8.64. The van der Waals surface area contributed by atoms with E-state index in [0.717, 1.165) is 46.1 Å². The Morgan fingerprint density at radius 1 is 1.12 bits per heavy atom. The zero-order valence-electron chi connectivity index (χ0n) is 18.0. The predicted octanol–water partition coefficient (Wildman–Crippen LogP) is 1.23. The number of β-amino-alcohol motifs (C(OH)–C–C–N with tert-alkyl or cyclic N) is 1. The Kier molecular flexibility index (Phi) is 8.79. The SMILES string of the molecule is CN1CCN(c2cc3sc(-c4ccc(N5CC[C@H](O)C5)nc4)nc3cn2)C(=O)C1.O.[CH3-].[Os+]. The number of likely N-dealkylation sites (N-methyl/N-ethyl adjacent to an activating group) is 1. The van der Waals surface area contributed by atoms with Crippen LogP contribution in [0.5, 0.6) is 0 Å². The first kappa shape index (κ1) is 26.2. The van der Waals surface area contributed by atoms with Crippen LogP contribution in [0.3, 0.4) is 0 Å². The van der Waals surface area contributed by atoms with Gasteiger partial charge in [0.1, 0.15) is 22.2 Å². The number of hydrogen-bond donors (Lipinski definition) is 1. The number of carbonyl (C=O) groups is 1. The summed E-state index contributed by atoms with van der Waals surface area (Å²) in [7, 11) is 1.95. The molecule has 3 aromatic rings. The van der Waals surface area contributed by atoms with E-state index in [-0.39, 0.29) is 44.7 Å². The smallest absolute Gasteiger partial charge is 0.412 e. The van der Waals surface area contributed by atoms with Gasteiger partial charge in [-0.3, -0.25) is 14.6 Å². The summed E-state index contributed by atoms with van der Waals surface area (Å²) in [6, 6.07) is 5.95. The molecule has 0 aliphatic carbocycles. The molecule has 0 bridgehead atoms. The van der Waals surface area contributed by atoms with Gasteiger partial charge in [-0.25, -0.2) is 15.0 Å². The number of aliphatic hydroxyl groups is 1. The van der Waals surface area contributed by atoms with Gasteiger partial charge in [-0.2, -0.15) is 0 Å². The quantitative estimate of drug-likeness (QED) is 0.432. The van der Waals surface area contributed by atoms with Gasteiger partial charge >= 0.3 is 19.8 Å². The number of rotatable bonds is 3. The third kappa shape index (κ3) is 5.13. The van der Waals surface area contributed by atoms with Crippen LogP contribution >= 0.6 is 11.3 Å². The molecule has 173 valence electrons. The van der Waals surface area contributed by atoms with Crippen LogP contribution in [0.1, 0.15) is 6.42 Å². The van der Waals surface area contributed by atoms with Gasteiger partial charge in [0, 0.05) is 44.0 Å². The second-order valence-electron chi connectivity index (χ2n) is 7.61. The molecule has 5 heterocycles. The molecule has 0 saturated carbocycles. The summed E-state index contributed by atoms with van der Waals surface area (Å²) in [6.07, 6.45) is 4.08. The van der Waals surface area contributed by atoms with Crippen molar-refractivity contribution in [2.24, 2.45) is 0 Å². The van der Waals surface area contributed by atoms with E-state index in [4.69, 9.17) is 4.98 Å². The number of fused-ring (bicyclic) bond motifs is 1. The molecular formula is C21H27N6O3OsS. The van der Waals surface area contributed by atoms with E-state index in [9.17, 15) is 9.90 Å². The fourth-order valence-electron chi connectivity index (χ4n) is 3.78. The number of hydrogen-bond acceptors (Lipinski definition) is 8. The maximum Gasteiger partial charge on any atom is 1.00 e. The zero-order chi connectivity index (χ0) is 20.0. The molecule has 9 nitrogen and oxygen atoms in total. The van der Waals surface area contributed by atoms with Crippen LogP contribution in [0.2, 0.25) is 0 Å². The molecule has 2 saturated heterocycles. The van der Waals surface area contributed by atoms with Gasteiger partial charge in [0.25, 0.3) is 0 Å². The number of anilines is 2. The van der Waals surface area contributed by atoms with Crippen LogP contribution in [-0.2, 0) is 24.6 Å². The number of amides is 1. The zero-order valence-corrected chi connectivity index (χ0v) is 21.4. The molecule has 2 fully saturated rings. The first-order chi connectivity index (χ1) is 14.1. The molecule has 3 aromatic heterocycles. The molecule has 1 atom stereocenters. The summed E-state index contributed by atoms with van der Waals surface area (Å²) in [4.78, 5) is 31.9. The average Bonchev–Trinajstić information content (AvgIpc) is 3.34.